The Balaban J connectivity index is 1.51. The Morgan fingerprint density at radius 2 is 2.40 bits per heavy atom. The van der Waals surface area contributed by atoms with E-state index in [1.54, 1.807) is 0 Å². The molecule has 2 fully saturated rings. The van der Waals surface area contributed by atoms with Gasteiger partial charge in [-0.1, -0.05) is 18.6 Å². The molecule has 0 aromatic heterocycles. The van der Waals surface area contributed by atoms with Gasteiger partial charge in [-0.2, -0.15) is 0 Å². The second-order valence-electron chi connectivity index (χ2n) is 5.57. The van der Waals surface area contributed by atoms with Crippen molar-refractivity contribution in [2.75, 3.05) is 6.61 Å². The topological polar surface area (TPSA) is 9.23 Å². The summed E-state index contributed by atoms with van der Waals surface area (Å²) in [5, 5.41) is 0. The first kappa shape index (κ1) is 10.1. The van der Waals surface area contributed by atoms with Gasteiger partial charge < -0.3 is 4.43 Å². The zero-order chi connectivity index (χ0) is 10.1. The molecule has 0 N–H and O–H groups in total. The first-order valence-corrected chi connectivity index (χ1v) is 8.35. The summed E-state index contributed by atoms with van der Waals surface area (Å²) in [4.78, 5) is 0. The predicted molar refractivity (Wildman–Crippen MR) is 64.1 cm³/mol. The van der Waals surface area contributed by atoms with Crippen LogP contribution in [0.5, 0.6) is 0 Å². The van der Waals surface area contributed by atoms with Gasteiger partial charge in [0.2, 0.25) is 9.04 Å². The third kappa shape index (κ3) is 2.07. The highest BCUT2D eigenvalue weighted by Gasteiger charge is 2.40. The van der Waals surface area contributed by atoms with Crippen LogP contribution in [-0.2, 0) is 4.43 Å². The summed E-state index contributed by atoms with van der Waals surface area (Å²) in [7, 11) is -0.398. The molecular formula is C13H21OSi. The maximum Gasteiger partial charge on any atom is 0.211 e. The van der Waals surface area contributed by atoms with Crippen molar-refractivity contribution in [3.63, 3.8) is 0 Å². The van der Waals surface area contributed by atoms with Crippen molar-refractivity contribution in [2.45, 2.75) is 50.6 Å². The van der Waals surface area contributed by atoms with Gasteiger partial charge in [-0.05, 0) is 55.5 Å². The third-order valence-corrected chi connectivity index (χ3v) is 6.79. The largest absolute Gasteiger partial charge is 0.417 e. The SMILES string of the molecule is C1=CC2(CC[Si]3CCCCO3)CCC1C2. The third-order valence-electron chi connectivity index (χ3n) is 4.46. The summed E-state index contributed by atoms with van der Waals surface area (Å²) < 4.78 is 5.92. The molecule has 3 aliphatic rings. The van der Waals surface area contributed by atoms with Gasteiger partial charge in [-0.15, -0.1) is 0 Å². The molecule has 2 aliphatic carbocycles. The quantitative estimate of drug-likeness (QED) is 0.523. The molecule has 2 atom stereocenters. The highest BCUT2D eigenvalue weighted by atomic mass is 28.3. The van der Waals surface area contributed by atoms with Gasteiger partial charge in [0.05, 0.1) is 0 Å². The summed E-state index contributed by atoms with van der Waals surface area (Å²) in [6.07, 6.45) is 13.6. The number of hydrogen-bond donors (Lipinski definition) is 0. The lowest BCUT2D eigenvalue weighted by atomic mass is 9.85. The number of fused-ring (bicyclic) bond motifs is 2. The number of hydrogen-bond acceptors (Lipinski definition) is 1. The molecule has 2 unspecified atom stereocenters. The number of allylic oxidation sites excluding steroid dienone is 2. The molecule has 0 spiro atoms. The van der Waals surface area contributed by atoms with Gasteiger partial charge in [-0.3, -0.25) is 0 Å². The van der Waals surface area contributed by atoms with E-state index in [9.17, 15) is 0 Å². The van der Waals surface area contributed by atoms with E-state index >= 15 is 0 Å². The van der Waals surface area contributed by atoms with E-state index in [4.69, 9.17) is 4.43 Å². The molecule has 1 saturated carbocycles. The normalized spacial score (nSPS) is 40.1. The molecule has 3 rings (SSSR count). The van der Waals surface area contributed by atoms with Crippen molar-refractivity contribution in [1.29, 1.82) is 0 Å². The van der Waals surface area contributed by atoms with E-state index in [2.05, 4.69) is 12.2 Å². The van der Waals surface area contributed by atoms with Crippen molar-refractivity contribution in [3.8, 4) is 0 Å². The minimum Gasteiger partial charge on any atom is -0.417 e. The van der Waals surface area contributed by atoms with Gasteiger partial charge in [0.1, 0.15) is 0 Å². The fraction of sp³-hybridized carbons (Fsp3) is 0.846. The molecule has 1 nitrogen and oxygen atoms in total. The van der Waals surface area contributed by atoms with E-state index in [-0.39, 0.29) is 0 Å². The first-order chi connectivity index (χ1) is 7.36. The monoisotopic (exact) mass is 221 g/mol. The highest BCUT2D eigenvalue weighted by Crippen LogP contribution is 2.52. The van der Waals surface area contributed by atoms with E-state index in [1.807, 2.05) is 0 Å². The van der Waals surface area contributed by atoms with Crippen LogP contribution < -0.4 is 0 Å². The summed E-state index contributed by atoms with van der Waals surface area (Å²) in [5.41, 5.74) is 0.628. The summed E-state index contributed by atoms with van der Waals surface area (Å²) in [6.45, 7) is 1.06. The second-order valence-corrected chi connectivity index (χ2v) is 7.93. The maximum atomic E-state index is 5.92. The Kier molecular flexibility index (Phi) is 2.73. The molecule has 1 aliphatic heterocycles. The molecule has 2 bridgehead atoms. The van der Waals surface area contributed by atoms with Crippen molar-refractivity contribution in [1.82, 2.24) is 0 Å². The lowest BCUT2D eigenvalue weighted by molar-refractivity contribution is 0.279. The predicted octanol–water partition coefficient (Wildman–Crippen LogP) is 3.53. The van der Waals surface area contributed by atoms with Crippen molar-refractivity contribution in [2.24, 2.45) is 11.3 Å². The molecule has 0 aromatic carbocycles. The van der Waals surface area contributed by atoms with Gasteiger partial charge in [0, 0.05) is 6.61 Å². The van der Waals surface area contributed by atoms with Crippen LogP contribution in [-0.4, -0.2) is 15.6 Å². The fourth-order valence-electron chi connectivity index (χ4n) is 3.46. The minimum atomic E-state index is -0.398. The van der Waals surface area contributed by atoms with Gasteiger partial charge in [0.15, 0.2) is 0 Å². The van der Waals surface area contributed by atoms with E-state index < -0.39 is 9.04 Å². The van der Waals surface area contributed by atoms with Gasteiger partial charge in [-0.25, -0.2) is 0 Å². The smallest absolute Gasteiger partial charge is 0.211 e. The molecule has 1 heterocycles. The molecule has 0 aromatic rings. The standard InChI is InChI=1S/C13H21OSi/c1-2-9-15(14-8-1)10-7-13-5-3-12(11-13)4-6-13/h3,5,12H,1-2,4,6-11H2. The molecular weight excluding hydrogens is 200 g/mol. The van der Waals surface area contributed by atoms with Crippen molar-refractivity contribution in [3.05, 3.63) is 12.2 Å². The molecule has 83 valence electrons. The highest BCUT2D eigenvalue weighted by molar-refractivity contribution is 6.51. The molecule has 15 heavy (non-hydrogen) atoms. The Morgan fingerprint density at radius 3 is 3.00 bits per heavy atom. The van der Waals surface area contributed by atoms with E-state index in [0.29, 0.717) is 5.41 Å². The van der Waals surface area contributed by atoms with Crippen LogP contribution in [0.4, 0.5) is 0 Å². The molecule has 1 radical (unpaired) electrons. The molecule has 0 amide bonds. The van der Waals surface area contributed by atoms with Gasteiger partial charge in [0.25, 0.3) is 0 Å². The van der Waals surface area contributed by atoms with E-state index in [0.717, 1.165) is 12.5 Å². The van der Waals surface area contributed by atoms with Crippen LogP contribution in [0.15, 0.2) is 12.2 Å². The lowest BCUT2D eigenvalue weighted by Crippen LogP contribution is -2.25. The minimum absolute atomic E-state index is 0.398. The summed E-state index contributed by atoms with van der Waals surface area (Å²) >= 11 is 0. The van der Waals surface area contributed by atoms with E-state index in [1.165, 1.54) is 50.6 Å². The van der Waals surface area contributed by atoms with Crippen LogP contribution in [0.3, 0.4) is 0 Å². The Hall–Kier alpha value is -0.0831. The Morgan fingerprint density at radius 1 is 1.40 bits per heavy atom. The van der Waals surface area contributed by atoms with Crippen molar-refractivity contribution >= 4 is 9.04 Å². The summed E-state index contributed by atoms with van der Waals surface area (Å²) in [5.74, 6) is 0.939. The van der Waals surface area contributed by atoms with Crippen LogP contribution in [0.2, 0.25) is 12.1 Å². The van der Waals surface area contributed by atoms with Crippen LogP contribution in [0.25, 0.3) is 0 Å². The van der Waals surface area contributed by atoms with Crippen LogP contribution in [0.1, 0.15) is 38.5 Å². The zero-order valence-electron chi connectivity index (χ0n) is 9.50. The average Bonchev–Trinajstić information content (AvgIpc) is 2.89. The average molecular weight is 221 g/mol. The Labute approximate surface area is 94.6 Å². The lowest BCUT2D eigenvalue weighted by Gasteiger charge is -2.27. The van der Waals surface area contributed by atoms with Crippen LogP contribution in [0, 0.1) is 11.3 Å². The van der Waals surface area contributed by atoms with Crippen molar-refractivity contribution < 1.29 is 4.43 Å². The maximum absolute atomic E-state index is 5.92. The second kappa shape index (κ2) is 4.06. The number of rotatable bonds is 3. The van der Waals surface area contributed by atoms with Gasteiger partial charge >= 0.3 is 0 Å². The fourth-order valence-corrected chi connectivity index (χ4v) is 5.86. The molecule has 2 heteroatoms. The van der Waals surface area contributed by atoms with Crippen LogP contribution >= 0.6 is 0 Å². The Bertz CT molecular complexity index is 257. The zero-order valence-corrected chi connectivity index (χ0v) is 10.5. The first-order valence-electron chi connectivity index (χ1n) is 6.53. The summed E-state index contributed by atoms with van der Waals surface area (Å²) in [6, 6.07) is 2.82. The molecule has 1 saturated heterocycles.